The maximum Gasteiger partial charge on any atom is 0.154 e. The second-order valence-electron chi connectivity index (χ2n) is 4.97. The van der Waals surface area contributed by atoms with E-state index in [2.05, 4.69) is 18.7 Å². The zero-order valence-electron chi connectivity index (χ0n) is 9.38. The number of ketones is 1. The summed E-state index contributed by atoms with van der Waals surface area (Å²) in [5.74, 6) is 1.35. The van der Waals surface area contributed by atoms with E-state index >= 15 is 0 Å². The van der Waals surface area contributed by atoms with Crippen molar-refractivity contribution in [3.8, 4) is 0 Å². The molecule has 0 unspecified atom stereocenters. The molecule has 1 heterocycles. The summed E-state index contributed by atoms with van der Waals surface area (Å²) in [4.78, 5) is 14.4. The molecule has 80 valence electrons. The van der Waals surface area contributed by atoms with E-state index in [1.54, 1.807) is 0 Å². The van der Waals surface area contributed by atoms with Gasteiger partial charge in [-0.15, -0.1) is 0 Å². The second-order valence-corrected chi connectivity index (χ2v) is 4.97. The molecule has 1 saturated heterocycles. The fraction of sp³-hybridized carbons (Fsp3) is 0.917. The van der Waals surface area contributed by atoms with Crippen LogP contribution in [0.2, 0.25) is 0 Å². The van der Waals surface area contributed by atoms with Gasteiger partial charge in [0.1, 0.15) is 0 Å². The van der Waals surface area contributed by atoms with Gasteiger partial charge in [-0.2, -0.15) is 0 Å². The van der Waals surface area contributed by atoms with Gasteiger partial charge >= 0.3 is 0 Å². The molecule has 0 aromatic rings. The minimum absolute atomic E-state index is 0.0265. The van der Waals surface area contributed by atoms with Crippen LogP contribution in [-0.4, -0.2) is 29.3 Å². The quantitative estimate of drug-likeness (QED) is 0.639. The predicted molar refractivity (Wildman–Crippen MR) is 57.2 cm³/mol. The molecule has 2 fully saturated rings. The summed E-state index contributed by atoms with van der Waals surface area (Å²) < 4.78 is 0. The van der Waals surface area contributed by atoms with Gasteiger partial charge in [-0.1, -0.05) is 13.8 Å². The molecule has 0 aromatic heterocycles. The highest BCUT2D eigenvalue weighted by atomic mass is 16.1. The van der Waals surface area contributed by atoms with Crippen molar-refractivity contribution in [2.24, 2.45) is 5.92 Å². The van der Waals surface area contributed by atoms with Gasteiger partial charge in [0.25, 0.3) is 0 Å². The number of likely N-dealkylation sites (tertiary alicyclic amines) is 1. The highest BCUT2D eigenvalue weighted by molar-refractivity contribution is 5.90. The van der Waals surface area contributed by atoms with Crippen molar-refractivity contribution in [2.75, 3.05) is 13.1 Å². The third-order valence-electron chi connectivity index (χ3n) is 4.22. The molecule has 1 aliphatic heterocycles. The van der Waals surface area contributed by atoms with Crippen molar-refractivity contribution in [3.63, 3.8) is 0 Å². The van der Waals surface area contributed by atoms with Crippen LogP contribution in [-0.2, 0) is 4.79 Å². The number of carbonyl (C=O) groups is 1. The lowest BCUT2D eigenvalue weighted by atomic mass is 9.75. The van der Waals surface area contributed by atoms with Gasteiger partial charge in [0.05, 0.1) is 5.54 Å². The predicted octanol–water partition coefficient (Wildman–Crippen LogP) is 2.23. The van der Waals surface area contributed by atoms with Gasteiger partial charge in [-0.3, -0.25) is 9.69 Å². The lowest BCUT2D eigenvalue weighted by molar-refractivity contribution is -0.127. The summed E-state index contributed by atoms with van der Waals surface area (Å²) in [6, 6.07) is 0. The van der Waals surface area contributed by atoms with E-state index in [1.807, 2.05) is 0 Å². The Morgan fingerprint density at radius 1 is 1.43 bits per heavy atom. The SMILES string of the molecule is CCN1CCC(=O)C12CCC(C)CC2. The zero-order valence-corrected chi connectivity index (χ0v) is 9.38. The van der Waals surface area contributed by atoms with E-state index in [9.17, 15) is 4.79 Å². The molecule has 2 nitrogen and oxygen atoms in total. The molecule has 1 aliphatic carbocycles. The smallest absolute Gasteiger partial charge is 0.154 e. The van der Waals surface area contributed by atoms with Crippen LogP contribution in [0.3, 0.4) is 0 Å². The minimum atomic E-state index is -0.0265. The molecule has 0 bridgehead atoms. The minimum Gasteiger partial charge on any atom is -0.298 e. The Balaban J connectivity index is 2.15. The first-order valence-electron chi connectivity index (χ1n) is 5.97. The fourth-order valence-corrected chi connectivity index (χ4v) is 3.16. The highest BCUT2D eigenvalue weighted by Crippen LogP contribution is 2.40. The zero-order chi connectivity index (χ0) is 10.2. The third kappa shape index (κ3) is 1.40. The Bertz CT molecular complexity index is 228. The van der Waals surface area contributed by atoms with Crippen molar-refractivity contribution < 1.29 is 4.79 Å². The molecule has 0 amide bonds. The number of rotatable bonds is 1. The Labute approximate surface area is 86.7 Å². The average Bonchev–Trinajstić information content (AvgIpc) is 2.49. The van der Waals surface area contributed by atoms with Crippen LogP contribution in [0.15, 0.2) is 0 Å². The van der Waals surface area contributed by atoms with E-state index in [0.717, 1.165) is 38.3 Å². The van der Waals surface area contributed by atoms with Crippen molar-refractivity contribution >= 4 is 5.78 Å². The number of likely N-dealkylation sites (N-methyl/N-ethyl adjacent to an activating group) is 1. The van der Waals surface area contributed by atoms with Crippen LogP contribution in [0, 0.1) is 5.92 Å². The van der Waals surface area contributed by atoms with Crippen LogP contribution < -0.4 is 0 Å². The molecular weight excluding hydrogens is 174 g/mol. The number of hydrogen-bond donors (Lipinski definition) is 0. The standard InChI is InChI=1S/C12H21NO/c1-3-13-9-6-11(14)12(13)7-4-10(2)5-8-12/h10H,3-9H2,1-2H3. The summed E-state index contributed by atoms with van der Waals surface area (Å²) >= 11 is 0. The second kappa shape index (κ2) is 3.65. The highest BCUT2D eigenvalue weighted by Gasteiger charge is 2.48. The van der Waals surface area contributed by atoms with Crippen molar-refractivity contribution in [3.05, 3.63) is 0 Å². The van der Waals surface area contributed by atoms with Crippen molar-refractivity contribution in [2.45, 2.75) is 51.5 Å². The lowest BCUT2D eigenvalue weighted by Gasteiger charge is -2.41. The third-order valence-corrected chi connectivity index (χ3v) is 4.22. The van der Waals surface area contributed by atoms with Gasteiger partial charge in [0, 0.05) is 13.0 Å². The first-order chi connectivity index (χ1) is 6.69. The first-order valence-corrected chi connectivity index (χ1v) is 5.97. The van der Waals surface area contributed by atoms with Crippen LogP contribution in [0.1, 0.15) is 46.0 Å². The van der Waals surface area contributed by atoms with E-state index < -0.39 is 0 Å². The van der Waals surface area contributed by atoms with Gasteiger partial charge < -0.3 is 0 Å². The van der Waals surface area contributed by atoms with Crippen LogP contribution in [0.25, 0.3) is 0 Å². The van der Waals surface area contributed by atoms with E-state index in [4.69, 9.17) is 0 Å². The van der Waals surface area contributed by atoms with Crippen molar-refractivity contribution in [1.82, 2.24) is 4.90 Å². The fourth-order valence-electron chi connectivity index (χ4n) is 3.16. The van der Waals surface area contributed by atoms with E-state index in [0.29, 0.717) is 5.78 Å². The Kier molecular flexibility index (Phi) is 2.65. The van der Waals surface area contributed by atoms with Crippen LogP contribution in [0.4, 0.5) is 0 Å². The summed E-state index contributed by atoms with van der Waals surface area (Å²) in [5, 5.41) is 0. The molecule has 0 aromatic carbocycles. The molecule has 14 heavy (non-hydrogen) atoms. The number of carbonyl (C=O) groups excluding carboxylic acids is 1. The molecule has 0 N–H and O–H groups in total. The maximum atomic E-state index is 12.0. The Morgan fingerprint density at radius 2 is 2.07 bits per heavy atom. The molecule has 2 rings (SSSR count). The van der Waals surface area contributed by atoms with Gasteiger partial charge in [-0.25, -0.2) is 0 Å². The molecular formula is C12H21NO. The molecule has 2 aliphatic rings. The number of hydrogen-bond acceptors (Lipinski definition) is 2. The van der Waals surface area contributed by atoms with Gasteiger partial charge in [0.15, 0.2) is 5.78 Å². The molecule has 0 radical (unpaired) electrons. The Hall–Kier alpha value is -0.370. The normalized spacial score (nSPS) is 39.6. The van der Waals surface area contributed by atoms with Crippen LogP contribution >= 0.6 is 0 Å². The van der Waals surface area contributed by atoms with Gasteiger partial charge in [0.2, 0.25) is 0 Å². The molecule has 0 atom stereocenters. The summed E-state index contributed by atoms with van der Waals surface area (Å²) in [7, 11) is 0. The summed E-state index contributed by atoms with van der Waals surface area (Å²) in [5.41, 5.74) is -0.0265. The molecule has 1 saturated carbocycles. The Morgan fingerprint density at radius 3 is 2.64 bits per heavy atom. The average molecular weight is 195 g/mol. The monoisotopic (exact) mass is 195 g/mol. The largest absolute Gasteiger partial charge is 0.298 e. The number of nitrogens with zero attached hydrogens (tertiary/aromatic N) is 1. The lowest BCUT2D eigenvalue weighted by Crippen LogP contribution is -2.50. The summed E-state index contributed by atoms with van der Waals surface area (Å²) in [6.07, 6.45) is 5.49. The first kappa shape index (κ1) is 10.2. The molecule has 2 heteroatoms. The van der Waals surface area contributed by atoms with Gasteiger partial charge in [-0.05, 0) is 38.1 Å². The van der Waals surface area contributed by atoms with E-state index in [-0.39, 0.29) is 5.54 Å². The van der Waals surface area contributed by atoms with Crippen molar-refractivity contribution in [1.29, 1.82) is 0 Å². The molecule has 1 spiro atoms. The maximum absolute atomic E-state index is 12.0. The van der Waals surface area contributed by atoms with Crippen LogP contribution in [0.5, 0.6) is 0 Å². The number of Topliss-reactive ketones (excluding diaryl/α,β-unsaturated/α-hetero) is 1. The van der Waals surface area contributed by atoms with E-state index in [1.165, 1.54) is 12.8 Å². The topological polar surface area (TPSA) is 20.3 Å². The summed E-state index contributed by atoms with van der Waals surface area (Å²) in [6.45, 7) is 6.53.